The second-order valence-electron chi connectivity index (χ2n) is 6.46. The minimum Gasteiger partial charge on any atom is -0.340 e. The lowest BCUT2D eigenvalue weighted by Crippen LogP contribution is -2.02. The highest BCUT2D eigenvalue weighted by molar-refractivity contribution is 5.69. The van der Waals surface area contributed by atoms with Gasteiger partial charge in [-0.25, -0.2) is 4.98 Å². The first-order valence-electron chi connectivity index (χ1n) is 9.16. The van der Waals surface area contributed by atoms with Gasteiger partial charge in [0.2, 0.25) is 5.95 Å². The van der Waals surface area contributed by atoms with Gasteiger partial charge >= 0.3 is 0 Å². The van der Waals surface area contributed by atoms with Crippen molar-refractivity contribution in [3.8, 4) is 17.9 Å². The van der Waals surface area contributed by atoms with Crippen LogP contribution in [0.3, 0.4) is 0 Å². The van der Waals surface area contributed by atoms with Crippen LogP contribution < -0.4 is 10.6 Å². The quantitative estimate of drug-likeness (QED) is 0.453. The number of hydrogen-bond acceptors (Lipinski definition) is 5. The number of allylic oxidation sites excluding steroid dienone is 1. The average Bonchev–Trinajstić information content (AvgIpc) is 2.71. The molecule has 0 aliphatic rings. The fourth-order valence-electron chi connectivity index (χ4n) is 2.95. The van der Waals surface area contributed by atoms with Crippen LogP contribution in [0.15, 0.2) is 54.7 Å². The van der Waals surface area contributed by atoms with Gasteiger partial charge in [0.1, 0.15) is 5.82 Å². The van der Waals surface area contributed by atoms with E-state index in [4.69, 9.17) is 5.26 Å². The summed E-state index contributed by atoms with van der Waals surface area (Å²) in [6, 6.07) is 15.7. The summed E-state index contributed by atoms with van der Waals surface area (Å²) in [6.07, 6.45) is 4.99. The van der Waals surface area contributed by atoms with Crippen LogP contribution >= 0.6 is 0 Å². The van der Waals surface area contributed by atoms with Crippen LogP contribution in [-0.2, 0) is 0 Å². The zero-order valence-electron chi connectivity index (χ0n) is 16.6. The fourth-order valence-corrected chi connectivity index (χ4v) is 2.95. The predicted molar refractivity (Wildman–Crippen MR) is 118 cm³/mol. The van der Waals surface area contributed by atoms with E-state index in [1.54, 1.807) is 12.3 Å². The highest BCUT2D eigenvalue weighted by atomic mass is 15.1. The number of nitrogens with zero attached hydrogens (tertiary/aromatic N) is 3. The van der Waals surface area contributed by atoms with Gasteiger partial charge in [0.15, 0.2) is 0 Å². The highest BCUT2D eigenvalue weighted by Crippen LogP contribution is 2.26. The molecular weight excluding hydrogens is 358 g/mol. The van der Waals surface area contributed by atoms with Gasteiger partial charge in [-0.05, 0) is 86.0 Å². The molecule has 0 saturated heterocycles. The first kappa shape index (κ1) is 19.7. The Kier molecular flexibility index (Phi) is 6.25. The van der Waals surface area contributed by atoms with Gasteiger partial charge in [-0.15, -0.1) is 5.92 Å². The minimum atomic E-state index is 0.508. The van der Waals surface area contributed by atoms with Crippen LogP contribution in [0.25, 0.3) is 6.08 Å². The number of hydrogen-bond donors (Lipinski definition) is 2. The van der Waals surface area contributed by atoms with Gasteiger partial charge in [0, 0.05) is 29.2 Å². The third-order valence-electron chi connectivity index (χ3n) is 4.22. The number of aromatic nitrogens is 2. The Morgan fingerprint density at radius 3 is 2.38 bits per heavy atom. The standard InChI is InChI=1S/C24H21N5/c1-4-6-19-8-10-21(11-9-19)27-24-26-14-12-22(29-24)28-23-17(2)15-20(7-5-13-25)16-18(23)3/h5,7-12,14-16H,1-3H3,(H2,26,27,28,29)/b7-5-. The Balaban J connectivity index is 1.78. The molecule has 0 atom stereocenters. The maximum absolute atomic E-state index is 8.71. The van der Waals surface area contributed by atoms with E-state index < -0.39 is 0 Å². The summed E-state index contributed by atoms with van der Waals surface area (Å²) in [5.74, 6) is 7.11. The van der Waals surface area contributed by atoms with Gasteiger partial charge in [0.05, 0.1) is 6.07 Å². The van der Waals surface area contributed by atoms with Gasteiger partial charge in [-0.1, -0.05) is 5.92 Å². The summed E-state index contributed by atoms with van der Waals surface area (Å²) in [7, 11) is 0. The summed E-state index contributed by atoms with van der Waals surface area (Å²) in [6.45, 7) is 5.87. The van der Waals surface area contributed by atoms with E-state index in [2.05, 4.69) is 32.4 Å². The van der Waals surface area contributed by atoms with Crippen LogP contribution in [0.4, 0.5) is 23.1 Å². The molecule has 0 spiro atoms. The molecule has 2 aromatic carbocycles. The van der Waals surface area contributed by atoms with Crippen molar-refractivity contribution >= 4 is 29.2 Å². The topological polar surface area (TPSA) is 73.6 Å². The average molecular weight is 379 g/mol. The number of nitriles is 1. The van der Waals surface area contributed by atoms with Gasteiger partial charge in [-0.3, -0.25) is 0 Å². The molecule has 1 aromatic heterocycles. The Hall–Kier alpha value is -4.09. The predicted octanol–water partition coefficient (Wildman–Crippen LogP) is 5.49. The Labute approximate surface area is 171 Å². The molecule has 0 bridgehead atoms. The molecule has 0 fully saturated rings. The van der Waals surface area contributed by atoms with Crippen molar-refractivity contribution in [1.29, 1.82) is 5.26 Å². The van der Waals surface area contributed by atoms with Crippen LogP contribution in [0, 0.1) is 37.0 Å². The lowest BCUT2D eigenvalue weighted by Gasteiger charge is -2.14. The lowest BCUT2D eigenvalue weighted by atomic mass is 10.0. The van der Waals surface area contributed by atoms with E-state index in [1.807, 2.05) is 69.3 Å². The maximum atomic E-state index is 8.71. The Morgan fingerprint density at radius 1 is 1.00 bits per heavy atom. The van der Waals surface area contributed by atoms with Gasteiger partial charge < -0.3 is 10.6 Å². The summed E-state index contributed by atoms with van der Waals surface area (Å²) >= 11 is 0. The number of anilines is 4. The van der Waals surface area contributed by atoms with Crippen molar-refractivity contribution < 1.29 is 0 Å². The monoisotopic (exact) mass is 379 g/mol. The minimum absolute atomic E-state index is 0.508. The maximum Gasteiger partial charge on any atom is 0.229 e. The van der Waals surface area contributed by atoms with E-state index in [0.29, 0.717) is 11.8 Å². The van der Waals surface area contributed by atoms with Crippen LogP contribution in [0.1, 0.15) is 29.2 Å². The Morgan fingerprint density at radius 2 is 1.72 bits per heavy atom. The van der Waals surface area contributed by atoms with E-state index in [0.717, 1.165) is 33.6 Å². The van der Waals surface area contributed by atoms with E-state index >= 15 is 0 Å². The van der Waals surface area contributed by atoms with Gasteiger partial charge in [-0.2, -0.15) is 10.2 Å². The summed E-state index contributed by atoms with van der Waals surface area (Å²) < 4.78 is 0. The third kappa shape index (κ3) is 5.22. The van der Waals surface area contributed by atoms with E-state index in [1.165, 1.54) is 6.08 Å². The molecule has 29 heavy (non-hydrogen) atoms. The molecule has 5 heteroatoms. The second kappa shape index (κ2) is 9.21. The van der Waals surface area contributed by atoms with Crippen LogP contribution in [-0.4, -0.2) is 9.97 Å². The van der Waals surface area contributed by atoms with E-state index in [9.17, 15) is 0 Å². The van der Waals surface area contributed by atoms with Crippen molar-refractivity contribution in [2.45, 2.75) is 20.8 Å². The van der Waals surface area contributed by atoms with Crippen LogP contribution in [0.5, 0.6) is 0 Å². The molecule has 1 heterocycles. The third-order valence-corrected chi connectivity index (χ3v) is 4.22. The molecule has 3 aromatic rings. The SMILES string of the molecule is CC#Cc1ccc(Nc2nccc(Nc3c(C)cc(/C=C\C#N)cc3C)n2)cc1. The highest BCUT2D eigenvalue weighted by Gasteiger charge is 2.07. The first-order valence-corrected chi connectivity index (χ1v) is 9.16. The van der Waals surface area contributed by atoms with E-state index in [-0.39, 0.29) is 0 Å². The molecule has 142 valence electrons. The summed E-state index contributed by atoms with van der Waals surface area (Å²) in [5, 5.41) is 15.3. The van der Waals surface area contributed by atoms with Crippen molar-refractivity contribution in [1.82, 2.24) is 9.97 Å². The molecule has 0 saturated carbocycles. The zero-order valence-corrected chi connectivity index (χ0v) is 16.6. The molecule has 3 rings (SSSR count). The smallest absolute Gasteiger partial charge is 0.229 e. The van der Waals surface area contributed by atoms with Crippen molar-refractivity contribution in [3.63, 3.8) is 0 Å². The van der Waals surface area contributed by atoms with Crippen molar-refractivity contribution in [2.24, 2.45) is 0 Å². The number of nitrogens with one attached hydrogen (secondary N) is 2. The Bertz CT molecular complexity index is 1120. The number of aryl methyl sites for hydroxylation is 2. The summed E-state index contributed by atoms with van der Waals surface area (Å²) in [4.78, 5) is 8.86. The molecule has 5 nitrogen and oxygen atoms in total. The normalized spacial score (nSPS) is 10.1. The number of rotatable bonds is 5. The molecule has 0 radical (unpaired) electrons. The summed E-state index contributed by atoms with van der Waals surface area (Å²) in [5.41, 5.74) is 5.99. The largest absolute Gasteiger partial charge is 0.340 e. The zero-order chi connectivity index (χ0) is 20.6. The molecular formula is C24H21N5. The number of benzene rings is 2. The van der Waals surface area contributed by atoms with Crippen LogP contribution in [0.2, 0.25) is 0 Å². The molecule has 0 aliphatic carbocycles. The molecule has 0 unspecified atom stereocenters. The van der Waals surface area contributed by atoms with Crippen molar-refractivity contribution in [2.75, 3.05) is 10.6 Å². The first-order chi connectivity index (χ1) is 14.1. The van der Waals surface area contributed by atoms with Gasteiger partial charge in [0.25, 0.3) is 0 Å². The molecule has 0 aliphatic heterocycles. The molecule has 0 amide bonds. The fraction of sp³-hybridized carbons (Fsp3) is 0.125. The van der Waals surface area contributed by atoms with Crippen molar-refractivity contribution in [3.05, 3.63) is 77.0 Å². The second-order valence-corrected chi connectivity index (χ2v) is 6.46. The lowest BCUT2D eigenvalue weighted by molar-refractivity contribution is 1.16. The molecule has 2 N–H and O–H groups in total.